The summed E-state index contributed by atoms with van der Waals surface area (Å²) in [5.74, 6) is -1.18. The first-order valence-corrected chi connectivity index (χ1v) is 15.0. The molecule has 10 nitrogen and oxygen atoms in total. The number of nitrogens with one attached hydrogen (secondary N) is 1. The average molecular weight is 561 g/mol. The Morgan fingerprint density at radius 1 is 1.11 bits per heavy atom. The normalized spacial score (nSPS) is 15.1. The van der Waals surface area contributed by atoms with Gasteiger partial charge in [0.15, 0.2) is 11.7 Å². The van der Waals surface area contributed by atoms with Gasteiger partial charge in [0.2, 0.25) is 21.8 Å². The Hall–Kier alpha value is -3.09. The SMILES string of the molecule is CCN(CC)S(=O)(=O)c1ccc([C@@H](CC2CCCC2)C(=O)Nc2nc3ccc(OCC(=O)O)nc3s2)cc1. The monoisotopic (exact) mass is 560 g/mol. The standard InChI is InChI=1S/C26H32N4O6S2/c1-3-30(4-2)38(34,35)19-11-9-18(10-12-19)20(15-17-7-5-6-8-17)24(33)29-26-27-21-13-14-22(28-25(21)37-26)36-16-23(31)32/h9-14,17,20H,3-8,15-16H2,1-2H3,(H,31,32)(H,27,29,33)/t20-/m1/s1. The first-order chi connectivity index (χ1) is 18.2. The van der Waals surface area contributed by atoms with E-state index in [-0.39, 0.29) is 16.7 Å². The number of nitrogens with zero attached hydrogens (tertiary/aromatic N) is 3. The Morgan fingerprint density at radius 2 is 1.79 bits per heavy atom. The fourth-order valence-electron chi connectivity index (χ4n) is 4.82. The van der Waals surface area contributed by atoms with Crippen molar-refractivity contribution in [2.45, 2.75) is 56.8 Å². The zero-order chi connectivity index (χ0) is 27.3. The molecule has 2 heterocycles. The van der Waals surface area contributed by atoms with Gasteiger partial charge in [-0.15, -0.1) is 0 Å². The molecule has 0 bridgehead atoms. The van der Waals surface area contributed by atoms with E-state index in [1.165, 1.54) is 21.7 Å². The van der Waals surface area contributed by atoms with Gasteiger partial charge in [0, 0.05) is 19.2 Å². The molecule has 1 aliphatic carbocycles. The van der Waals surface area contributed by atoms with Gasteiger partial charge in [0.25, 0.3) is 0 Å². The lowest BCUT2D eigenvalue weighted by Gasteiger charge is -2.21. The highest BCUT2D eigenvalue weighted by Crippen LogP contribution is 2.36. The Kier molecular flexibility index (Phi) is 8.95. The zero-order valence-electron chi connectivity index (χ0n) is 21.4. The van der Waals surface area contributed by atoms with Crippen molar-refractivity contribution in [3.05, 3.63) is 42.0 Å². The molecule has 204 valence electrons. The van der Waals surface area contributed by atoms with E-state index >= 15 is 0 Å². The number of aromatic nitrogens is 2. The maximum Gasteiger partial charge on any atom is 0.341 e. The first-order valence-electron chi connectivity index (χ1n) is 12.7. The van der Waals surface area contributed by atoms with Crippen molar-refractivity contribution in [3.8, 4) is 5.88 Å². The number of amides is 1. The highest BCUT2D eigenvalue weighted by molar-refractivity contribution is 7.89. The maximum absolute atomic E-state index is 13.5. The van der Waals surface area contributed by atoms with Crippen molar-refractivity contribution in [3.63, 3.8) is 0 Å². The number of ether oxygens (including phenoxy) is 1. The molecule has 0 unspecified atom stereocenters. The number of sulfonamides is 1. The lowest BCUT2D eigenvalue weighted by molar-refractivity contribution is -0.139. The minimum absolute atomic E-state index is 0.167. The molecule has 38 heavy (non-hydrogen) atoms. The number of carbonyl (C=O) groups excluding carboxylic acids is 1. The van der Waals surface area contributed by atoms with E-state index < -0.39 is 28.5 Å². The molecule has 1 amide bonds. The van der Waals surface area contributed by atoms with Crippen LogP contribution >= 0.6 is 11.3 Å². The van der Waals surface area contributed by atoms with E-state index in [0.717, 1.165) is 31.2 Å². The van der Waals surface area contributed by atoms with Crippen LogP contribution in [0.4, 0.5) is 5.13 Å². The highest BCUT2D eigenvalue weighted by Gasteiger charge is 2.28. The van der Waals surface area contributed by atoms with Crippen LogP contribution in [0.2, 0.25) is 0 Å². The van der Waals surface area contributed by atoms with Gasteiger partial charge in [0.1, 0.15) is 10.3 Å². The molecule has 1 saturated carbocycles. The number of carboxylic acid groups (broad SMARTS) is 1. The summed E-state index contributed by atoms with van der Waals surface area (Å²) in [5.41, 5.74) is 1.32. The lowest BCUT2D eigenvalue weighted by atomic mass is 9.87. The number of carbonyl (C=O) groups is 2. The van der Waals surface area contributed by atoms with Gasteiger partial charge in [-0.1, -0.05) is 63.0 Å². The predicted octanol–water partition coefficient (Wildman–Crippen LogP) is 4.49. The summed E-state index contributed by atoms with van der Waals surface area (Å²) in [6, 6.07) is 9.84. The second kappa shape index (κ2) is 12.2. The molecule has 0 aliphatic heterocycles. The summed E-state index contributed by atoms with van der Waals surface area (Å²) in [7, 11) is -3.59. The molecule has 12 heteroatoms. The van der Waals surface area contributed by atoms with E-state index in [4.69, 9.17) is 9.84 Å². The summed E-state index contributed by atoms with van der Waals surface area (Å²) < 4.78 is 32.4. The summed E-state index contributed by atoms with van der Waals surface area (Å²) in [5, 5.41) is 12.1. The third-order valence-corrected chi connectivity index (χ3v) is 9.73. The number of thiazole rings is 1. The fourth-order valence-corrected chi connectivity index (χ4v) is 7.11. The van der Waals surface area contributed by atoms with Crippen molar-refractivity contribution in [1.29, 1.82) is 0 Å². The smallest absolute Gasteiger partial charge is 0.341 e. The van der Waals surface area contributed by atoms with Crippen LogP contribution in [0, 0.1) is 5.92 Å². The van der Waals surface area contributed by atoms with Gasteiger partial charge in [-0.25, -0.2) is 23.2 Å². The van der Waals surface area contributed by atoms with Crippen molar-refractivity contribution >= 4 is 48.7 Å². The molecule has 1 fully saturated rings. The van der Waals surface area contributed by atoms with Gasteiger partial charge >= 0.3 is 5.97 Å². The fraction of sp³-hybridized carbons (Fsp3) is 0.462. The number of hydrogen-bond donors (Lipinski definition) is 2. The van der Waals surface area contributed by atoms with Gasteiger partial charge in [0.05, 0.1) is 10.8 Å². The second-order valence-corrected chi connectivity index (χ2v) is 12.2. The van der Waals surface area contributed by atoms with Crippen LogP contribution in [0.5, 0.6) is 5.88 Å². The molecule has 4 rings (SSSR count). The number of rotatable bonds is 12. The van der Waals surface area contributed by atoms with E-state index in [1.54, 1.807) is 44.2 Å². The Balaban J connectivity index is 1.55. The number of hydrogen-bond acceptors (Lipinski definition) is 8. The number of benzene rings is 1. The van der Waals surface area contributed by atoms with E-state index in [1.807, 2.05) is 0 Å². The molecule has 0 radical (unpaired) electrons. The number of anilines is 1. The molecular formula is C26H32N4O6S2. The number of pyridine rings is 1. The summed E-state index contributed by atoms with van der Waals surface area (Å²) in [4.78, 5) is 33.7. The van der Waals surface area contributed by atoms with Gasteiger partial charge < -0.3 is 15.2 Å². The molecule has 0 saturated heterocycles. The number of aliphatic carboxylic acids is 1. The second-order valence-electron chi connectivity index (χ2n) is 9.26. The quantitative estimate of drug-likeness (QED) is 0.330. The minimum atomic E-state index is -3.59. The molecule has 3 aromatic rings. The molecular weight excluding hydrogens is 528 g/mol. The maximum atomic E-state index is 13.5. The largest absolute Gasteiger partial charge is 0.479 e. The van der Waals surface area contributed by atoms with Crippen LogP contribution in [0.25, 0.3) is 10.3 Å². The minimum Gasteiger partial charge on any atom is -0.479 e. The lowest BCUT2D eigenvalue weighted by Crippen LogP contribution is -2.30. The van der Waals surface area contributed by atoms with Gasteiger partial charge in [-0.3, -0.25) is 4.79 Å². The Morgan fingerprint density at radius 3 is 2.42 bits per heavy atom. The Labute approximate surface area is 226 Å². The third kappa shape index (κ3) is 6.48. The summed E-state index contributed by atoms with van der Waals surface area (Å²) >= 11 is 1.18. The van der Waals surface area contributed by atoms with Crippen LogP contribution < -0.4 is 10.1 Å². The number of carboxylic acids is 1. The Bertz CT molecular complexity index is 1380. The molecule has 2 N–H and O–H groups in total. The third-order valence-electron chi connectivity index (χ3n) is 6.79. The van der Waals surface area contributed by atoms with Gasteiger partial charge in [-0.2, -0.15) is 4.31 Å². The van der Waals surface area contributed by atoms with Crippen LogP contribution in [0.1, 0.15) is 57.4 Å². The first kappa shape index (κ1) is 27.9. The molecule has 2 aromatic heterocycles. The van der Waals surface area contributed by atoms with Crippen molar-refractivity contribution in [2.24, 2.45) is 5.92 Å². The van der Waals surface area contributed by atoms with E-state index in [0.29, 0.717) is 40.9 Å². The van der Waals surface area contributed by atoms with Crippen LogP contribution in [0.3, 0.4) is 0 Å². The zero-order valence-corrected chi connectivity index (χ0v) is 23.1. The molecule has 1 aliphatic rings. The van der Waals surface area contributed by atoms with Crippen molar-refractivity contribution in [1.82, 2.24) is 14.3 Å². The summed E-state index contributed by atoms with van der Waals surface area (Å²) in [6.07, 6.45) is 5.11. The topological polar surface area (TPSA) is 139 Å². The predicted molar refractivity (Wildman–Crippen MR) is 145 cm³/mol. The van der Waals surface area contributed by atoms with Crippen molar-refractivity contribution < 1.29 is 27.9 Å². The molecule has 1 aromatic carbocycles. The highest BCUT2D eigenvalue weighted by atomic mass is 32.2. The average Bonchev–Trinajstić information content (AvgIpc) is 3.55. The van der Waals surface area contributed by atoms with Crippen LogP contribution in [-0.4, -0.2) is 59.4 Å². The summed E-state index contributed by atoms with van der Waals surface area (Å²) in [6.45, 7) is 3.88. The van der Waals surface area contributed by atoms with Gasteiger partial charge in [-0.05, 0) is 36.1 Å². The number of fused-ring (bicyclic) bond motifs is 1. The molecule has 0 spiro atoms. The van der Waals surface area contributed by atoms with E-state index in [9.17, 15) is 18.0 Å². The van der Waals surface area contributed by atoms with Crippen LogP contribution in [0.15, 0.2) is 41.3 Å². The van der Waals surface area contributed by atoms with E-state index in [2.05, 4.69) is 15.3 Å². The van der Waals surface area contributed by atoms with Crippen LogP contribution in [-0.2, 0) is 19.6 Å². The van der Waals surface area contributed by atoms with Crippen molar-refractivity contribution in [2.75, 3.05) is 25.0 Å². The molecule has 1 atom stereocenters.